The number of allylic oxidation sites excluding steroid dienone is 1. The second kappa shape index (κ2) is 9.74. The first-order valence-corrected chi connectivity index (χ1v) is 12.4. The minimum Gasteiger partial charge on any atom is -0.424 e. The van der Waals surface area contributed by atoms with E-state index in [4.69, 9.17) is 4.74 Å². The fraction of sp³-hybridized carbons (Fsp3) is 0.286. The summed E-state index contributed by atoms with van der Waals surface area (Å²) in [6.07, 6.45) is 6.37. The van der Waals surface area contributed by atoms with E-state index >= 15 is 0 Å². The van der Waals surface area contributed by atoms with Crippen LogP contribution < -0.4 is 15.0 Å². The van der Waals surface area contributed by atoms with Crippen LogP contribution in [0.4, 0.5) is 16.0 Å². The lowest BCUT2D eigenvalue weighted by atomic mass is 10.1. The Morgan fingerprint density at radius 3 is 2.70 bits per heavy atom. The van der Waals surface area contributed by atoms with Gasteiger partial charge in [0.05, 0.1) is 12.2 Å². The van der Waals surface area contributed by atoms with E-state index in [0.29, 0.717) is 35.9 Å². The summed E-state index contributed by atoms with van der Waals surface area (Å²) >= 11 is 0. The van der Waals surface area contributed by atoms with E-state index in [-0.39, 0.29) is 11.8 Å². The zero-order valence-electron chi connectivity index (χ0n) is 20.9. The van der Waals surface area contributed by atoms with Crippen molar-refractivity contribution in [3.63, 3.8) is 0 Å². The maximum absolute atomic E-state index is 14.8. The number of rotatable bonds is 5. The van der Waals surface area contributed by atoms with Crippen molar-refractivity contribution >= 4 is 29.1 Å². The quantitative estimate of drug-likeness (QED) is 0.559. The van der Waals surface area contributed by atoms with Gasteiger partial charge < -0.3 is 19.9 Å². The van der Waals surface area contributed by atoms with E-state index in [1.807, 2.05) is 49.4 Å². The Morgan fingerprint density at radius 2 is 1.89 bits per heavy atom. The van der Waals surface area contributed by atoms with Crippen molar-refractivity contribution in [1.29, 1.82) is 0 Å². The van der Waals surface area contributed by atoms with Gasteiger partial charge in [0.2, 0.25) is 0 Å². The highest BCUT2D eigenvalue weighted by Gasteiger charge is 2.21. The molecule has 4 heterocycles. The lowest BCUT2D eigenvalue weighted by Gasteiger charge is -2.33. The molecule has 0 saturated carbocycles. The van der Waals surface area contributed by atoms with E-state index in [1.54, 1.807) is 6.20 Å². The highest BCUT2D eigenvalue weighted by atomic mass is 19.1. The number of ether oxygens (including phenoxy) is 1. The number of aromatic nitrogens is 3. The highest BCUT2D eigenvalue weighted by Crippen LogP contribution is 2.33. The molecular weight excluding hydrogens is 469 g/mol. The third kappa shape index (κ3) is 5.08. The molecule has 2 aliphatic heterocycles. The first-order valence-electron chi connectivity index (χ1n) is 12.4. The molecule has 0 spiro atoms. The van der Waals surface area contributed by atoms with E-state index in [0.717, 1.165) is 54.4 Å². The number of fused-ring (bicyclic) bond motifs is 1. The van der Waals surface area contributed by atoms with Gasteiger partial charge in [-0.2, -0.15) is 9.97 Å². The first kappa shape index (κ1) is 23.3. The summed E-state index contributed by atoms with van der Waals surface area (Å²) in [7, 11) is 2.11. The van der Waals surface area contributed by atoms with Gasteiger partial charge in [0.15, 0.2) is 0 Å². The summed E-state index contributed by atoms with van der Waals surface area (Å²) in [5.74, 6) is 2.11. The van der Waals surface area contributed by atoms with E-state index in [9.17, 15) is 4.39 Å². The number of aliphatic imine (C=N–C) groups is 1. The lowest BCUT2D eigenvalue weighted by molar-refractivity contribution is 0.311. The molecule has 0 amide bonds. The molecule has 1 aliphatic carbocycles. The molecule has 9 heteroatoms. The zero-order chi connectivity index (χ0) is 25.4. The van der Waals surface area contributed by atoms with Gasteiger partial charge in [-0.05, 0) is 55.8 Å². The molecular formula is C28H28FN7O. The minimum atomic E-state index is -0.276. The van der Waals surface area contributed by atoms with Gasteiger partial charge in [-0.3, -0.25) is 9.98 Å². The standard InChI is InChI=1S/C28H28FN7O/c1-18-11-19-13-21(15-23(29)22(19)12-18)37-28-33-26(16-27(34-28)36-9-7-35(2)8-10-36)32-25-14-20(17-31-25)24-5-3-4-6-30-24/h3-6,11,13-16H,7-10,12,17H2,1-2H3,(H,31,32,33,34). The molecule has 1 saturated heterocycles. The number of likely N-dealkylation sites (N-methyl/N-ethyl adjacent to an activating group) is 1. The molecule has 188 valence electrons. The molecule has 0 unspecified atom stereocenters. The van der Waals surface area contributed by atoms with Crippen molar-refractivity contribution < 1.29 is 9.13 Å². The number of anilines is 2. The maximum Gasteiger partial charge on any atom is 0.325 e. The monoisotopic (exact) mass is 497 g/mol. The predicted molar refractivity (Wildman–Crippen MR) is 144 cm³/mol. The van der Waals surface area contributed by atoms with Crippen molar-refractivity contribution in [2.45, 2.75) is 13.3 Å². The number of piperazine rings is 1. The third-order valence-corrected chi connectivity index (χ3v) is 6.77. The molecule has 0 atom stereocenters. The van der Waals surface area contributed by atoms with Crippen LogP contribution in [0.2, 0.25) is 0 Å². The van der Waals surface area contributed by atoms with E-state index in [1.165, 1.54) is 6.07 Å². The maximum atomic E-state index is 14.8. The number of benzene rings is 1. The zero-order valence-corrected chi connectivity index (χ0v) is 20.9. The number of amidine groups is 1. The molecule has 3 aliphatic rings. The Labute approximate surface area is 215 Å². The fourth-order valence-electron chi connectivity index (χ4n) is 4.77. The second-order valence-electron chi connectivity index (χ2n) is 9.64. The SMILES string of the molecule is CC1=Cc2cc(Oc3nc(NC4=NCC(c5ccccn5)=C4)cc(N4CCN(C)CC4)n3)cc(F)c2C1. The number of nitrogens with zero attached hydrogens (tertiary/aromatic N) is 6. The van der Waals surface area contributed by atoms with Crippen LogP contribution in [0.15, 0.2) is 59.2 Å². The van der Waals surface area contributed by atoms with E-state index < -0.39 is 0 Å². The largest absolute Gasteiger partial charge is 0.424 e. The Kier molecular flexibility index (Phi) is 6.13. The summed E-state index contributed by atoms with van der Waals surface area (Å²) in [6, 6.07) is 11.1. The smallest absolute Gasteiger partial charge is 0.325 e. The predicted octanol–water partition coefficient (Wildman–Crippen LogP) is 4.42. The first-order chi connectivity index (χ1) is 18.0. The van der Waals surface area contributed by atoms with Crippen molar-refractivity contribution in [2.75, 3.05) is 50.0 Å². The van der Waals surface area contributed by atoms with Crippen molar-refractivity contribution in [3.05, 3.63) is 76.9 Å². The van der Waals surface area contributed by atoms with Crippen LogP contribution in [0.1, 0.15) is 23.7 Å². The molecule has 1 fully saturated rings. The Morgan fingerprint density at radius 1 is 1.03 bits per heavy atom. The van der Waals surface area contributed by atoms with Crippen LogP contribution in [0, 0.1) is 5.82 Å². The van der Waals surface area contributed by atoms with Crippen LogP contribution >= 0.6 is 0 Å². The average Bonchev–Trinajstić information content (AvgIpc) is 3.51. The van der Waals surface area contributed by atoms with Crippen molar-refractivity contribution in [1.82, 2.24) is 19.9 Å². The summed E-state index contributed by atoms with van der Waals surface area (Å²) in [4.78, 5) is 22.8. The number of hydrogen-bond acceptors (Lipinski definition) is 8. The Hall–Kier alpha value is -4.11. The third-order valence-electron chi connectivity index (χ3n) is 6.77. The van der Waals surface area contributed by atoms with Crippen LogP contribution in [-0.4, -0.2) is 65.5 Å². The number of pyridine rings is 1. The molecule has 0 bridgehead atoms. The van der Waals surface area contributed by atoms with Gasteiger partial charge in [-0.15, -0.1) is 0 Å². The second-order valence-corrected chi connectivity index (χ2v) is 9.64. The lowest BCUT2D eigenvalue weighted by Crippen LogP contribution is -2.44. The minimum absolute atomic E-state index is 0.157. The number of hydrogen-bond donors (Lipinski definition) is 1. The van der Waals surface area contributed by atoms with Crippen LogP contribution in [0.25, 0.3) is 11.6 Å². The Bertz CT molecular complexity index is 1430. The highest BCUT2D eigenvalue weighted by molar-refractivity contribution is 6.10. The number of nitrogens with one attached hydrogen (secondary N) is 1. The molecule has 1 aromatic carbocycles. The fourth-order valence-corrected chi connectivity index (χ4v) is 4.77. The van der Waals surface area contributed by atoms with Gasteiger partial charge >= 0.3 is 6.01 Å². The van der Waals surface area contributed by atoms with Crippen LogP contribution in [-0.2, 0) is 6.42 Å². The van der Waals surface area contributed by atoms with Gasteiger partial charge in [-0.25, -0.2) is 4.39 Å². The van der Waals surface area contributed by atoms with Crippen LogP contribution in [0.5, 0.6) is 11.8 Å². The van der Waals surface area contributed by atoms with Gasteiger partial charge in [0.25, 0.3) is 0 Å². The van der Waals surface area contributed by atoms with E-state index in [2.05, 4.69) is 42.1 Å². The average molecular weight is 498 g/mol. The van der Waals surface area contributed by atoms with Gasteiger partial charge in [-0.1, -0.05) is 17.7 Å². The van der Waals surface area contributed by atoms with Crippen molar-refractivity contribution in [3.8, 4) is 11.8 Å². The summed E-state index contributed by atoms with van der Waals surface area (Å²) in [5.41, 5.74) is 4.60. The van der Waals surface area contributed by atoms with Crippen LogP contribution in [0.3, 0.4) is 0 Å². The topological polar surface area (TPSA) is 78.8 Å². The van der Waals surface area contributed by atoms with Crippen molar-refractivity contribution in [2.24, 2.45) is 4.99 Å². The Balaban J connectivity index is 1.29. The van der Waals surface area contributed by atoms with Gasteiger partial charge in [0.1, 0.15) is 29.0 Å². The molecule has 1 N–H and O–H groups in total. The number of halogens is 1. The molecule has 2 aromatic heterocycles. The summed E-state index contributed by atoms with van der Waals surface area (Å²) in [6.45, 7) is 6.10. The summed E-state index contributed by atoms with van der Waals surface area (Å²) < 4.78 is 20.8. The molecule has 8 nitrogen and oxygen atoms in total. The molecule has 37 heavy (non-hydrogen) atoms. The molecule has 3 aromatic rings. The molecule has 0 radical (unpaired) electrons. The summed E-state index contributed by atoms with van der Waals surface area (Å²) in [5, 5.41) is 3.31. The normalized spacial score (nSPS) is 17.3. The molecule has 6 rings (SSSR count). The van der Waals surface area contributed by atoms with Gasteiger partial charge in [0, 0.05) is 50.1 Å².